The van der Waals surface area contributed by atoms with Gasteiger partial charge in [0.15, 0.2) is 15.0 Å². The molecule has 25 heavy (non-hydrogen) atoms. The van der Waals surface area contributed by atoms with Crippen LogP contribution in [0.3, 0.4) is 0 Å². The average molecular weight is 382 g/mol. The first-order chi connectivity index (χ1) is 11.8. The number of anilines is 1. The number of aryl methyl sites for hydroxylation is 1. The highest BCUT2D eigenvalue weighted by molar-refractivity contribution is 8.16. The molecule has 134 valence electrons. The Hall–Kier alpha value is -1.87. The van der Waals surface area contributed by atoms with Crippen LogP contribution in [0.2, 0.25) is 0 Å². The number of carbonyl (C=O) groups is 2. The summed E-state index contributed by atoms with van der Waals surface area (Å²) < 4.78 is 24.0. The van der Waals surface area contributed by atoms with Crippen molar-refractivity contribution in [2.45, 2.75) is 31.1 Å². The Balaban J connectivity index is 1.94. The molecule has 0 saturated carbocycles. The van der Waals surface area contributed by atoms with Crippen molar-refractivity contribution < 1.29 is 23.1 Å². The number of nitrogens with zero attached hydrogens (tertiary/aromatic N) is 2. The van der Waals surface area contributed by atoms with Crippen molar-refractivity contribution >= 4 is 44.3 Å². The number of carboxylic acid groups (broad SMARTS) is 1. The molecule has 1 aromatic rings. The van der Waals surface area contributed by atoms with Gasteiger partial charge in [-0.05, 0) is 18.6 Å². The van der Waals surface area contributed by atoms with Crippen LogP contribution in [0.5, 0.6) is 0 Å². The lowest BCUT2D eigenvalue weighted by atomic mass is 10.1. The molecular weight excluding hydrogens is 364 g/mol. The van der Waals surface area contributed by atoms with Crippen LogP contribution in [0.25, 0.3) is 0 Å². The zero-order valence-corrected chi connectivity index (χ0v) is 15.2. The quantitative estimate of drug-likeness (QED) is 0.840. The molecule has 2 aliphatic heterocycles. The summed E-state index contributed by atoms with van der Waals surface area (Å²) in [4.78, 5) is 28.5. The summed E-state index contributed by atoms with van der Waals surface area (Å²) in [7, 11) is -3.11. The highest BCUT2D eigenvalue weighted by atomic mass is 32.2. The first kappa shape index (κ1) is 17.9. The summed E-state index contributed by atoms with van der Waals surface area (Å²) in [6, 6.07) is 7.27. The standard InChI is InChI=1S/C16H18N2O5S2/c1-10-4-2-3-5-11(10)18-12-8-25(22,23)9-13(12)24-16(18)17-14(19)6-7-15(20)21/h2-5,12-13H,6-9H2,1H3,(H,20,21). The Morgan fingerprint density at radius 2 is 2.00 bits per heavy atom. The van der Waals surface area contributed by atoms with Gasteiger partial charge in [0.05, 0.1) is 24.0 Å². The van der Waals surface area contributed by atoms with E-state index in [0.717, 1.165) is 11.3 Å². The van der Waals surface area contributed by atoms with Gasteiger partial charge in [0, 0.05) is 17.4 Å². The average Bonchev–Trinajstić information content (AvgIpc) is 2.97. The van der Waals surface area contributed by atoms with Crippen molar-refractivity contribution in [1.29, 1.82) is 0 Å². The topological polar surface area (TPSA) is 104 Å². The summed E-state index contributed by atoms with van der Waals surface area (Å²) in [5, 5.41) is 8.98. The predicted molar refractivity (Wildman–Crippen MR) is 96.8 cm³/mol. The fraction of sp³-hybridized carbons (Fsp3) is 0.438. The lowest BCUT2D eigenvalue weighted by Gasteiger charge is -2.26. The number of carbonyl (C=O) groups excluding carboxylic acids is 1. The summed E-state index contributed by atoms with van der Waals surface area (Å²) in [6.07, 6.45) is -0.444. The van der Waals surface area contributed by atoms with Crippen LogP contribution < -0.4 is 4.90 Å². The first-order valence-electron chi connectivity index (χ1n) is 7.82. The number of fused-ring (bicyclic) bond motifs is 1. The van der Waals surface area contributed by atoms with Crippen molar-refractivity contribution in [2.24, 2.45) is 4.99 Å². The molecule has 0 aliphatic carbocycles. The van der Waals surface area contributed by atoms with Gasteiger partial charge >= 0.3 is 5.97 Å². The zero-order chi connectivity index (χ0) is 18.2. The van der Waals surface area contributed by atoms with E-state index >= 15 is 0 Å². The molecule has 0 radical (unpaired) electrons. The van der Waals surface area contributed by atoms with E-state index in [1.807, 2.05) is 36.1 Å². The molecule has 1 aromatic carbocycles. The van der Waals surface area contributed by atoms with Crippen LogP contribution >= 0.6 is 11.8 Å². The molecule has 2 atom stereocenters. The maximum absolute atomic E-state index is 12.0. The number of amidine groups is 1. The minimum absolute atomic E-state index is 0.0291. The molecule has 0 aromatic heterocycles. The second-order valence-electron chi connectivity index (χ2n) is 6.14. The molecule has 2 unspecified atom stereocenters. The molecule has 2 saturated heterocycles. The summed E-state index contributed by atoms with van der Waals surface area (Å²) >= 11 is 1.29. The SMILES string of the molecule is Cc1ccccc1N1C(=NC(=O)CCC(=O)O)SC2CS(=O)(=O)CC21. The summed E-state index contributed by atoms with van der Waals surface area (Å²) in [6.45, 7) is 1.92. The van der Waals surface area contributed by atoms with E-state index in [1.54, 1.807) is 0 Å². The number of rotatable bonds is 4. The molecule has 7 nitrogen and oxygen atoms in total. The predicted octanol–water partition coefficient (Wildman–Crippen LogP) is 1.46. The lowest BCUT2D eigenvalue weighted by molar-refractivity contribution is -0.138. The lowest BCUT2D eigenvalue weighted by Crippen LogP contribution is -2.38. The third-order valence-electron chi connectivity index (χ3n) is 4.21. The number of benzene rings is 1. The van der Waals surface area contributed by atoms with E-state index in [1.165, 1.54) is 11.8 Å². The molecule has 0 bridgehead atoms. The van der Waals surface area contributed by atoms with Crippen molar-refractivity contribution in [3.63, 3.8) is 0 Å². The van der Waals surface area contributed by atoms with Crippen LogP contribution in [-0.2, 0) is 19.4 Å². The van der Waals surface area contributed by atoms with Gasteiger partial charge in [0.1, 0.15) is 0 Å². The van der Waals surface area contributed by atoms with Gasteiger partial charge in [-0.1, -0.05) is 30.0 Å². The normalized spacial score (nSPS) is 26.0. The van der Waals surface area contributed by atoms with E-state index in [4.69, 9.17) is 5.11 Å². The van der Waals surface area contributed by atoms with Gasteiger partial charge in [-0.3, -0.25) is 9.59 Å². The van der Waals surface area contributed by atoms with Gasteiger partial charge in [-0.15, -0.1) is 0 Å². The molecule has 3 rings (SSSR count). The van der Waals surface area contributed by atoms with Gasteiger partial charge in [0.2, 0.25) is 5.91 Å². The van der Waals surface area contributed by atoms with E-state index in [2.05, 4.69) is 4.99 Å². The molecule has 2 fully saturated rings. The van der Waals surface area contributed by atoms with E-state index in [-0.39, 0.29) is 35.6 Å². The number of hydrogen-bond acceptors (Lipinski definition) is 5. The number of carboxylic acids is 1. The van der Waals surface area contributed by atoms with Crippen LogP contribution in [0.4, 0.5) is 5.69 Å². The largest absolute Gasteiger partial charge is 0.481 e. The first-order valence-corrected chi connectivity index (χ1v) is 10.5. The van der Waals surface area contributed by atoms with E-state index in [9.17, 15) is 18.0 Å². The highest BCUT2D eigenvalue weighted by Crippen LogP contribution is 2.41. The Labute approximate surface area is 150 Å². The van der Waals surface area contributed by atoms with Crippen molar-refractivity contribution in [3.8, 4) is 0 Å². The maximum atomic E-state index is 12.0. The summed E-state index contributed by atoms with van der Waals surface area (Å²) in [5.41, 5.74) is 1.78. The smallest absolute Gasteiger partial charge is 0.303 e. The number of hydrogen-bond donors (Lipinski definition) is 1. The van der Waals surface area contributed by atoms with Gasteiger partial charge in [-0.25, -0.2) is 8.42 Å². The second-order valence-corrected chi connectivity index (χ2v) is 9.50. The van der Waals surface area contributed by atoms with E-state index < -0.39 is 21.7 Å². The van der Waals surface area contributed by atoms with Crippen LogP contribution in [-0.4, -0.2) is 53.4 Å². The molecular formula is C16H18N2O5S2. The molecule has 2 heterocycles. The van der Waals surface area contributed by atoms with Crippen molar-refractivity contribution in [2.75, 3.05) is 16.4 Å². The van der Waals surface area contributed by atoms with Crippen molar-refractivity contribution in [1.82, 2.24) is 0 Å². The molecule has 0 spiro atoms. The van der Waals surface area contributed by atoms with Crippen molar-refractivity contribution in [3.05, 3.63) is 29.8 Å². The monoisotopic (exact) mass is 382 g/mol. The Kier molecular flexibility index (Phi) is 4.88. The number of amides is 1. The number of sulfone groups is 1. The highest BCUT2D eigenvalue weighted by Gasteiger charge is 2.49. The third-order valence-corrected chi connectivity index (χ3v) is 7.42. The Bertz CT molecular complexity index is 850. The van der Waals surface area contributed by atoms with Gasteiger partial charge in [0.25, 0.3) is 0 Å². The number of aliphatic imine (C=N–C) groups is 1. The fourth-order valence-electron chi connectivity index (χ4n) is 3.06. The molecule has 2 aliphatic rings. The molecule has 1 amide bonds. The number of thioether (sulfide) groups is 1. The Morgan fingerprint density at radius 3 is 2.68 bits per heavy atom. The van der Waals surface area contributed by atoms with Crippen LogP contribution in [0, 0.1) is 6.92 Å². The molecule has 9 heteroatoms. The van der Waals surface area contributed by atoms with Crippen LogP contribution in [0.1, 0.15) is 18.4 Å². The van der Waals surface area contributed by atoms with E-state index in [0.29, 0.717) is 5.17 Å². The fourth-order valence-corrected chi connectivity index (χ4v) is 6.98. The maximum Gasteiger partial charge on any atom is 0.303 e. The van der Waals surface area contributed by atoms with Gasteiger partial charge < -0.3 is 10.0 Å². The number of para-hydroxylation sites is 1. The minimum Gasteiger partial charge on any atom is -0.481 e. The number of aliphatic carboxylic acids is 1. The Morgan fingerprint density at radius 1 is 1.28 bits per heavy atom. The second kappa shape index (κ2) is 6.80. The third kappa shape index (κ3) is 3.87. The molecule has 1 N–H and O–H groups in total. The zero-order valence-electron chi connectivity index (χ0n) is 13.6. The van der Waals surface area contributed by atoms with Gasteiger partial charge in [-0.2, -0.15) is 4.99 Å². The minimum atomic E-state index is -3.11. The van der Waals surface area contributed by atoms with Crippen LogP contribution in [0.15, 0.2) is 29.3 Å². The summed E-state index contributed by atoms with van der Waals surface area (Å²) in [5.74, 6) is -1.47.